The first kappa shape index (κ1) is 16.4. The van der Waals surface area contributed by atoms with Gasteiger partial charge >= 0.3 is 0 Å². The van der Waals surface area contributed by atoms with Gasteiger partial charge in [0.2, 0.25) is 0 Å². The number of carbonyl (C=O) groups excluding carboxylic acids is 1. The number of aryl methyl sites for hydroxylation is 2. The van der Waals surface area contributed by atoms with Crippen LogP contribution in [0.25, 0.3) is 0 Å². The Morgan fingerprint density at radius 2 is 1.91 bits per heavy atom. The molecule has 2 aromatic rings. The lowest BCUT2D eigenvalue weighted by atomic mass is 10.1. The molecular formula is C18H20ClNO2. The summed E-state index contributed by atoms with van der Waals surface area (Å²) in [6.45, 7) is 6.16. The number of halogens is 1. The predicted octanol–water partition coefficient (Wildman–Crippen LogP) is 4.04. The molecule has 0 spiro atoms. The molecule has 3 nitrogen and oxygen atoms in total. The minimum atomic E-state index is -0.565. The van der Waals surface area contributed by atoms with Crippen molar-refractivity contribution >= 4 is 17.5 Å². The van der Waals surface area contributed by atoms with Crippen LogP contribution < -0.4 is 10.1 Å². The average molecular weight is 318 g/mol. The Labute approximate surface area is 136 Å². The SMILES string of the molecule is Cc1cc(O[C@H](C)C(=O)NCc2ccccc2C)ccc1Cl. The van der Waals surface area contributed by atoms with E-state index in [1.54, 1.807) is 19.1 Å². The molecule has 0 fully saturated rings. The molecular weight excluding hydrogens is 298 g/mol. The fourth-order valence-corrected chi connectivity index (χ4v) is 2.20. The van der Waals surface area contributed by atoms with Crippen LogP contribution in [0.5, 0.6) is 5.75 Å². The van der Waals surface area contributed by atoms with Gasteiger partial charge < -0.3 is 10.1 Å². The molecule has 0 bridgehead atoms. The summed E-state index contributed by atoms with van der Waals surface area (Å²) in [5.41, 5.74) is 3.18. The summed E-state index contributed by atoms with van der Waals surface area (Å²) in [4.78, 5) is 12.1. The molecule has 0 aliphatic rings. The number of carbonyl (C=O) groups is 1. The summed E-state index contributed by atoms with van der Waals surface area (Å²) in [6, 6.07) is 13.3. The van der Waals surface area contributed by atoms with E-state index in [1.807, 2.05) is 44.2 Å². The lowest BCUT2D eigenvalue weighted by molar-refractivity contribution is -0.127. The number of rotatable bonds is 5. The van der Waals surface area contributed by atoms with E-state index >= 15 is 0 Å². The van der Waals surface area contributed by atoms with Gasteiger partial charge in [0.15, 0.2) is 6.10 Å². The average Bonchev–Trinajstić information content (AvgIpc) is 2.50. The predicted molar refractivity (Wildman–Crippen MR) is 89.3 cm³/mol. The third-order valence-electron chi connectivity index (χ3n) is 3.53. The normalized spacial score (nSPS) is 11.8. The highest BCUT2D eigenvalue weighted by Gasteiger charge is 2.14. The van der Waals surface area contributed by atoms with Crippen LogP contribution in [0, 0.1) is 13.8 Å². The number of benzene rings is 2. The van der Waals surface area contributed by atoms with Crippen LogP contribution in [0.2, 0.25) is 5.02 Å². The summed E-state index contributed by atoms with van der Waals surface area (Å²) in [5, 5.41) is 3.58. The summed E-state index contributed by atoms with van der Waals surface area (Å²) in [6.07, 6.45) is -0.565. The smallest absolute Gasteiger partial charge is 0.261 e. The van der Waals surface area contributed by atoms with Crippen molar-refractivity contribution in [3.8, 4) is 5.75 Å². The van der Waals surface area contributed by atoms with Gasteiger partial charge in [-0.3, -0.25) is 4.79 Å². The van der Waals surface area contributed by atoms with Crippen molar-refractivity contribution in [2.45, 2.75) is 33.4 Å². The number of hydrogen-bond acceptors (Lipinski definition) is 2. The van der Waals surface area contributed by atoms with Gasteiger partial charge in [-0.25, -0.2) is 0 Å². The molecule has 0 unspecified atom stereocenters. The highest BCUT2D eigenvalue weighted by atomic mass is 35.5. The van der Waals surface area contributed by atoms with Crippen LogP contribution in [-0.2, 0) is 11.3 Å². The molecule has 0 saturated carbocycles. The van der Waals surface area contributed by atoms with Crippen molar-refractivity contribution in [2.24, 2.45) is 0 Å². The maximum absolute atomic E-state index is 12.1. The Hall–Kier alpha value is -2.00. The minimum absolute atomic E-state index is 0.143. The second kappa shape index (κ2) is 7.32. The summed E-state index contributed by atoms with van der Waals surface area (Å²) in [5.74, 6) is 0.497. The zero-order chi connectivity index (χ0) is 16.1. The molecule has 0 radical (unpaired) electrons. The fourth-order valence-electron chi connectivity index (χ4n) is 2.08. The van der Waals surface area contributed by atoms with Gasteiger partial charge in [-0.1, -0.05) is 35.9 Å². The topological polar surface area (TPSA) is 38.3 Å². The van der Waals surface area contributed by atoms with Gasteiger partial charge in [-0.15, -0.1) is 0 Å². The zero-order valence-electron chi connectivity index (χ0n) is 13.0. The maximum Gasteiger partial charge on any atom is 0.261 e. The van der Waals surface area contributed by atoms with Crippen LogP contribution >= 0.6 is 11.6 Å². The van der Waals surface area contributed by atoms with E-state index in [0.717, 1.165) is 16.7 Å². The number of nitrogens with one attached hydrogen (secondary N) is 1. The third kappa shape index (κ3) is 4.25. The van der Waals surface area contributed by atoms with E-state index in [0.29, 0.717) is 17.3 Å². The Balaban J connectivity index is 1.92. The first-order chi connectivity index (χ1) is 10.5. The van der Waals surface area contributed by atoms with Crippen LogP contribution in [-0.4, -0.2) is 12.0 Å². The molecule has 2 rings (SSSR count). The summed E-state index contributed by atoms with van der Waals surface area (Å²) in [7, 11) is 0. The van der Waals surface area contributed by atoms with Crippen LogP contribution in [0.15, 0.2) is 42.5 Å². The minimum Gasteiger partial charge on any atom is -0.481 e. The first-order valence-corrected chi connectivity index (χ1v) is 7.60. The van der Waals surface area contributed by atoms with E-state index in [4.69, 9.17) is 16.3 Å². The van der Waals surface area contributed by atoms with Gasteiger partial charge in [0.1, 0.15) is 5.75 Å². The van der Waals surface area contributed by atoms with Crippen molar-refractivity contribution < 1.29 is 9.53 Å². The van der Waals surface area contributed by atoms with E-state index in [1.165, 1.54) is 0 Å². The van der Waals surface area contributed by atoms with Crippen LogP contribution in [0.1, 0.15) is 23.6 Å². The van der Waals surface area contributed by atoms with Gasteiger partial charge in [-0.2, -0.15) is 0 Å². The molecule has 0 aromatic heterocycles. The third-order valence-corrected chi connectivity index (χ3v) is 3.95. The number of hydrogen-bond donors (Lipinski definition) is 1. The molecule has 2 aromatic carbocycles. The van der Waals surface area contributed by atoms with Crippen molar-refractivity contribution in [3.05, 3.63) is 64.2 Å². The maximum atomic E-state index is 12.1. The molecule has 116 valence electrons. The van der Waals surface area contributed by atoms with Crippen molar-refractivity contribution in [2.75, 3.05) is 0 Å². The largest absolute Gasteiger partial charge is 0.481 e. The highest BCUT2D eigenvalue weighted by molar-refractivity contribution is 6.31. The summed E-state index contributed by atoms with van der Waals surface area (Å²) < 4.78 is 5.66. The van der Waals surface area contributed by atoms with Crippen molar-refractivity contribution in [1.82, 2.24) is 5.32 Å². The van der Waals surface area contributed by atoms with E-state index < -0.39 is 6.10 Å². The Morgan fingerprint density at radius 1 is 1.18 bits per heavy atom. The molecule has 0 aliphatic carbocycles. The van der Waals surface area contributed by atoms with Gasteiger partial charge in [0, 0.05) is 11.6 Å². The lowest BCUT2D eigenvalue weighted by Gasteiger charge is -2.16. The molecule has 1 amide bonds. The molecule has 22 heavy (non-hydrogen) atoms. The van der Waals surface area contributed by atoms with Gasteiger partial charge in [0.05, 0.1) is 0 Å². The molecule has 0 aliphatic heterocycles. The second-order valence-corrected chi connectivity index (χ2v) is 5.72. The molecule has 1 N–H and O–H groups in total. The van der Waals surface area contributed by atoms with Crippen LogP contribution in [0.4, 0.5) is 0 Å². The molecule has 4 heteroatoms. The number of ether oxygens (including phenoxy) is 1. The van der Waals surface area contributed by atoms with Crippen molar-refractivity contribution in [3.63, 3.8) is 0 Å². The Bertz CT molecular complexity index is 670. The zero-order valence-corrected chi connectivity index (χ0v) is 13.8. The molecule has 0 heterocycles. The summed E-state index contributed by atoms with van der Waals surface area (Å²) >= 11 is 5.98. The van der Waals surface area contributed by atoms with Crippen LogP contribution in [0.3, 0.4) is 0 Å². The van der Waals surface area contributed by atoms with E-state index in [-0.39, 0.29) is 5.91 Å². The Morgan fingerprint density at radius 3 is 2.59 bits per heavy atom. The first-order valence-electron chi connectivity index (χ1n) is 7.22. The lowest BCUT2D eigenvalue weighted by Crippen LogP contribution is -2.36. The Kier molecular flexibility index (Phi) is 5.45. The fraction of sp³-hybridized carbons (Fsp3) is 0.278. The second-order valence-electron chi connectivity index (χ2n) is 5.32. The quantitative estimate of drug-likeness (QED) is 0.903. The monoisotopic (exact) mass is 317 g/mol. The standard InChI is InChI=1S/C18H20ClNO2/c1-12-6-4-5-7-15(12)11-20-18(21)14(3)22-16-8-9-17(19)13(2)10-16/h4-10,14H,11H2,1-3H3,(H,20,21)/t14-/m1/s1. The number of amides is 1. The van der Waals surface area contributed by atoms with Gasteiger partial charge in [-0.05, 0) is 55.7 Å². The molecule has 1 atom stereocenters. The molecule has 0 saturated heterocycles. The van der Waals surface area contributed by atoms with E-state index in [2.05, 4.69) is 5.32 Å². The van der Waals surface area contributed by atoms with Crippen molar-refractivity contribution in [1.29, 1.82) is 0 Å². The van der Waals surface area contributed by atoms with E-state index in [9.17, 15) is 4.79 Å². The highest BCUT2D eigenvalue weighted by Crippen LogP contribution is 2.21. The van der Waals surface area contributed by atoms with Gasteiger partial charge in [0.25, 0.3) is 5.91 Å².